The number of rotatable bonds is 2. The van der Waals surface area contributed by atoms with Gasteiger partial charge in [-0.1, -0.05) is 19.3 Å². The van der Waals surface area contributed by atoms with Crippen LogP contribution in [0.15, 0.2) is 6.07 Å². The molecule has 2 aliphatic rings. The Labute approximate surface area is 122 Å². The summed E-state index contributed by atoms with van der Waals surface area (Å²) in [5.41, 5.74) is 5.70. The molecule has 2 fully saturated rings. The zero-order valence-electron chi connectivity index (χ0n) is 12.1. The normalized spacial score (nSPS) is 20.9. The SMILES string of the molecule is Cc1cc(N)nc(CN2C(=O)NC3(CCCCC3)C2=O)n1. The second kappa shape index (κ2) is 4.98. The molecule has 3 N–H and O–H groups in total. The van der Waals surface area contributed by atoms with Crippen molar-refractivity contribution in [3.8, 4) is 0 Å². The minimum Gasteiger partial charge on any atom is -0.384 e. The lowest BCUT2D eigenvalue weighted by atomic mass is 9.82. The zero-order valence-corrected chi connectivity index (χ0v) is 12.1. The first kappa shape index (κ1) is 13.8. The van der Waals surface area contributed by atoms with E-state index in [-0.39, 0.29) is 18.5 Å². The molecule has 1 spiro atoms. The maximum absolute atomic E-state index is 12.6. The van der Waals surface area contributed by atoms with Crippen LogP contribution in [0.1, 0.15) is 43.6 Å². The molecule has 1 aliphatic heterocycles. The lowest BCUT2D eigenvalue weighted by Gasteiger charge is -2.30. The van der Waals surface area contributed by atoms with Gasteiger partial charge in [-0.2, -0.15) is 0 Å². The molecule has 0 unspecified atom stereocenters. The van der Waals surface area contributed by atoms with Crippen molar-refractivity contribution in [2.24, 2.45) is 0 Å². The van der Waals surface area contributed by atoms with Crippen molar-refractivity contribution in [1.82, 2.24) is 20.2 Å². The van der Waals surface area contributed by atoms with E-state index in [4.69, 9.17) is 5.73 Å². The second-order valence-electron chi connectivity index (χ2n) is 5.81. The highest BCUT2D eigenvalue weighted by Crippen LogP contribution is 2.34. The van der Waals surface area contributed by atoms with Gasteiger partial charge in [0.05, 0.1) is 6.54 Å². The number of aryl methyl sites for hydroxylation is 1. The molecule has 1 aromatic rings. The number of nitrogen functional groups attached to an aromatic ring is 1. The molecule has 3 amide bonds. The molecule has 0 aromatic carbocycles. The van der Waals surface area contributed by atoms with E-state index < -0.39 is 5.54 Å². The van der Waals surface area contributed by atoms with Crippen molar-refractivity contribution in [2.45, 2.75) is 51.1 Å². The third-order valence-corrected chi connectivity index (χ3v) is 4.17. The summed E-state index contributed by atoms with van der Waals surface area (Å²) in [6.45, 7) is 1.87. The lowest BCUT2D eigenvalue weighted by Crippen LogP contribution is -2.48. The Hall–Kier alpha value is -2.18. The van der Waals surface area contributed by atoms with Crippen molar-refractivity contribution >= 4 is 17.8 Å². The first-order chi connectivity index (χ1) is 10.00. The molecule has 2 heterocycles. The fourth-order valence-electron chi connectivity index (χ4n) is 3.18. The van der Waals surface area contributed by atoms with Crippen LogP contribution in [0.4, 0.5) is 10.6 Å². The summed E-state index contributed by atoms with van der Waals surface area (Å²) in [4.78, 5) is 34.3. The Morgan fingerprint density at radius 2 is 2.00 bits per heavy atom. The third kappa shape index (κ3) is 2.43. The van der Waals surface area contributed by atoms with E-state index in [1.807, 2.05) is 0 Å². The largest absolute Gasteiger partial charge is 0.384 e. The molecular formula is C14H19N5O2. The molecular weight excluding hydrogens is 270 g/mol. The molecule has 0 radical (unpaired) electrons. The van der Waals surface area contributed by atoms with Crippen LogP contribution in [-0.4, -0.2) is 32.3 Å². The number of hydrogen-bond acceptors (Lipinski definition) is 5. The van der Waals surface area contributed by atoms with Crippen LogP contribution in [0.5, 0.6) is 0 Å². The van der Waals surface area contributed by atoms with Crippen molar-refractivity contribution < 1.29 is 9.59 Å². The molecule has 21 heavy (non-hydrogen) atoms. The number of amides is 3. The molecule has 1 saturated carbocycles. The average molecular weight is 289 g/mol. The highest BCUT2D eigenvalue weighted by molar-refractivity contribution is 6.06. The van der Waals surface area contributed by atoms with E-state index in [0.29, 0.717) is 24.5 Å². The number of urea groups is 1. The first-order valence-corrected chi connectivity index (χ1v) is 7.24. The molecule has 112 valence electrons. The van der Waals surface area contributed by atoms with Crippen LogP contribution in [0.25, 0.3) is 0 Å². The number of hydrogen-bond donors (Lipinski definition) is 2. The molecule has 1 aliphatic carbocycles. The Balaban J connectivity index is 1.82. The van der Waals surface area contributed by atoms with Crippen LogP contribution in [0, 0.1) is 6.92 Å². The van der Waals surface area contributed by atoms with Gasteiger partial charge in [-0.3, -0.25) is 9.69 Å². The summed E-state index contributed by atoms with van der Waals surface area (Å²) < 4.78 is 0. The predicted octanol–water partition coefficient (Wildman–Crippen LogP) is 1.12. The number of anilines is 1. The predicted molar refractivity (Wildman–Crippen MR) is 76.1 cm³/mol. The van der Waals surface area contributed by atoms with Gasteiger partial charge in [-0.15, -0.1) is 0 Å². The standard InChI is InChI=1S/C14H19N5O2/c1-9-7-10(15)17-11(16-9)8-19-12(20)14(18-13(19)21)5-3-2-4-6-14/h7H,2-6,8H2,1H3,(H,18,21)(H2,15,16,17). The van der Waals surface area contributed by atoms with E-state index in [1.54, 1.807) is 13.0 Å². The molecule has 0 bridgehead atoms. The van der Waals surface area contributed by atoms with E-state index in [1.165, 1.54) is 4.90 Å². The Morgan fingerprint density at radius 3 is 2.67 bits per heavy atom. The molecule has 1 aromatic heterocycles. The monoisotopic (exact) mass is 289 g/mol. The number of nitrogens with two attached hydrogens (primary N) is 1. The summed E-state index contributed by atoms with van der Waals surface area (Å²) in [7, 11) is 0. The van der Waals surface area contributed by atoms with Gasteiger partial charge in [-0.25, -0.2) is 14.8 Å². The van der Waals surface area contributed by atoms with E-state index in [2.05, 4.69) is 15.3 Å². The zero-order chi connectivity index (χ0) is 15.0. The van der Waals surface area contributed by atoms with Crippen molar-refractivity contribution in [3.05, 3.63) is 17.6 Å². The van der Waals surface area contributed by atoms with Crippen LogP contribution in [0.3, 0.4) is 0 Å². The average Bonchev–Trinajstić information content (AvgIpc) is 2.63. The van der Waals surface area contributed by atoms with Gasteiger partial charge in [0.1, 0.15) is 11.4 Å². The smallest absolute Gasteiger partial charge is 0.325 e. The summed E-state index contributed by atoms with van der Waals surface area (Å²) in [5.74, 6) is 0.580. The molecule has 3 rings (SSSR count). The summed E-state index contributed by atoms with van der Waals surface area (Å²) in [6, 6.07) is 1.29. The maximum Gasteiger partial charge on any atom is 0.325 e. The quantitative estimate of drug-likeness (QED) is 0.794. The van der Waals surface area contributed by atoms with Gasteiger partial charge in [0, 0.05) is 11.8 Å². The molecule has 7 nitrogen and oxygen atoms in total. The van der Waals surface area contributed by atoms with E-state index in [9.17, 15) is 9.59 Å². The van der Waals surface area contributed by atoms with Crippen LogP contribution in [-0.2, 0) is 11.3 Å². The maximum atomic E-state index is 12.6. The summed E-state index contributed by atoms with van der Waals surface area (Å²) in [5, 5.41) is 2.87. The minimum atomic E-state index is -0.704. The third-order valence-electron chi connectivity index (χ3n) is 4.17. The Morgan fingerprint density at radius 1 is 1.29 bits per heavy atom. The highest BCUT2D eigenvalue weighted by Gasteiger charge is 2.51. The van der Waals surface area contributed by atoms with Crippen molar-refractivity contribution in [1.29, 1.82) is 0 Å². The van der Waals surface area contributed by atoms with E-state index in [0.717, 1.165) is 25.0 Å². The number of carbonyl (C=O) groups excluding carboxylic acids is 2. The topological polar surface area (TPSA) is 101 Å². The number of aromatic nitrogens is 2. The van der Waals surface area contributed by atoms with Crippen LogP contribution < -0.4 is 11.1 Å². The Kier molecular flexibility index (Phi) is 3.27. The number of imide groups is 1. The van der Waals surface area contributed by atoms with Gasteiger partial charge in [0.2, 0.25) is 0 Å². The molecule has 1 saturated heterocycles. The number of nitrogens with one attached hydrogen (secondary N) is 1. The minimum absolute atomic E-state index is 0.0678. The lowest BCUT2D eigenvalue weighted by molar-refractivity contribution is -0.132. The van der Waals surface area contributed by atoms with Crippen LogP contribution >= 0.6 is 0 Å². The first-order valence-electron chi connectivity index (χ1n) is 7.24. The summed E-state index contributed by atoms with van der Waals surface area (Å²) >= 11 is 0. The van der Waals surface area contributed by atoms with Gasteiger partial charge in [-0.05, 0) is 19.8 Å². The van der Waals surface area contributed by atoms with Gasteiger partial charge in [0.25, 0.3) is 5.91 Å². The van der Waals surface area contributed by atoms with Crippen molar-refractivity contribution in [2.75, 3.05) is 5.73 Å². The molecule has 0 atom stereocenters. The number of carbonyl (C=O) groups is 2. The summed E-state index contributed by atoms with van der Waals surface area (Å²) in [6.07, 6.45) is 4.47. The second-order valence-corrected chi connectivity index (χ2v) is 5.81. The Bertz CT molecular complexity index is 575. The van der Waals surface area contributed by atoms with Crippen molar-refractivity contribution in [3.63, 3.8) is 0 Å². The van der Waals surface area contributed by atoms with Gasteiger partial charge >= 0.3 is 6.03 Å². The fraction of sp³-hybridized carbons (Fsp3) is 0.571. The molecule has 7 heteroatoms. The van der Waals surface area contributed by atoms with E-state index >= 15 is 0 Å². The fourth-order valence-corrected chi connectivity index (χ4v) is 3.18. The number of nitrogens with zero attached hydrogens (tertiary/aromatic N) is 3. The highest BCUT2D eigenvalue weighted by atomic mass is 16.2. The van der Waals surface area contributed by atoms with Crippen LogP contribution in [0.2, 0.25) is 0 Å². The van der Waals surface area contributed by atoms with Gasteiger partial charge < -0.3 is 11.1 Å². The van der Waals surface area contributed by atoms with Gasteiger partial charge in [0.15, 0.2) is 5.82 Å².